The van der Waals surface area contributed by atoms with Crippen LogP contribution < -0.4 is 11.8 Å². The zero-order valence-electron chi connectivity index (χ0n) is 16.2. The molecule has 0 amide bonds. The fourth-order valence-electron chi connectivity index (χ4n) is 2.92. The summed E-state index contributed by atoms with van der Waals surface area (Å²) < 4.78 is 98.9. The number of benzene rings is 2. The molecule has 0 radical (unpaired) electrons. The Morgan fingerprint density at radius 2 is 1.07 bits per heavy atom. The summed E-state index contributed by atoms with van der Waals surface area (Å²) >= 11 is -7.09. The molecule has 2 aromatic carbocycles. The van der Waals surface area contributed by atoms with Gasteiger partial charge < -0.3 is 0 Å². The van der Waals surface area contributed by atoms with Crippen molar-refractivity contribution in [1.29, 1.82) is 0 Å². The Morgan fingerprint density at radius 3 is 1.33 bits per heavy atom. The first-order valence-electron chi connectivity index (χ1n) is 8.18. The van der Waals surface area contributed by atoms with Crippen LogP contribution in [0.5, 0.6) is 11.5 Å². The van der Waals surface area contributed by atoms with Gasteiger partial charge in [0.05, 0.1) is 0 Å². The molecule has 2 aromatic rings. The summed E-state index contributed by atoms with van der Waals surface area (Å²) in [7, 11) is -9.55. The summed E-state index contributed by atoms with van der Waals surface area (Å²) in [6.07, 6.45) is 0. The second kappa shape index (κ2) is 7.61. The Bertz CT molecular complexity index is 1280. The van der Waals surface area contributed by atoms with Crippen molar-refractivity contribution in [2.24, 2.45) is 0 Å². The van der Waals surface area contributed by atoms with Crippen molar-refractivity contribution in [2.45, 2.75) is 39.1 Å². The quantitative estimate of drug-likeness (QED) is 0.307. The molecule has 1 aliphatic rings. The monoisotopic (exact) mass is 692 g/mol. The number of rotatable bonds is 4. The van der Waals surface area contributed by atoms with Crippen molar-refractivity contribution in [1.82, 2.24) is 0 Å². The van der Waals surface area contributed by atoms with Crippen molar-refractivity contribution in [2.75, 3.05) is 0 Å². The summed E-state index contributed by atoms with van der Waals surface area (Å²) in [5.74, 6) is -0.768. The molecule has 0 aromatic heterocycles. The predicted octanol–water partition coefficient (Wildman–Crippen LogP) is 2.12. The van der Waals surface area contributed by atoms with Gasteiger partial charge in [-0.1, -0.05) is 0 Å². The molecule has 9 nitrogen and oxygen atoms in total. The van der Waals surface area contributed by atoms with Gasteiger partial charge in [0.25, 0.3) is 0 Å². The van der Waals surface area contributed by atoms with E-state index < -0.39 is 67.6 Å². The van der Waals surface area contributed by atoms with Gasteiger partial charge in [0.1, 0.15) is 0 Å². The van der Waals surface area contributed by atoms with Crippen molar-refractivity contribution in [3.8, 4) is 11.5 Å². The predicted molar refractivity (Wildman–Crippen MR) is 112 cm³/mol. The van der Waals surface area contributed by atoms with Gasteiger partial charge in [-0.2, -0.15) is 0 Å². The molecule has 2 N–H and O–H groups in total. The Labute approximate surface area is 186 Å². The number of hydrogen-bond acceptors (Lipinski definition) is 8. The Hall–Kier alpha value is -0.354. The molecule has 1 aliphatic heterocycles. The van der Waals surface area contributed by atoms with Crippen LogP contribution in [0, 0.1) is 0 Å². The van der Waals surface area contributed by atoms with Crippen LogP contribution in [0.15, 0.2) is 43.8 Å². The minimum absolute atomic E-state index is 0.145. The molecule has 0 spiro atoms. The first kappa shape index (κ1) is 24.3. The fourth-order valence-corrected chi connectivity index (χ4v) is 14.9. The van der Waals surface area contributed by atoms with E-state index in [1.165, 1.54) is 12.1 Å². The van der Waals surface area contributed by atoms with E-state index in [1.54, 1.807) is 19.5 Å². The molecule has 164 valence electrons. The third kappa shape index (κ3) is 4.56. The molecule has 0 saturated heterocycles. The van der Waals surface area contributed by atoms with Crippen molar-refractivity contribution in [3.63, 3.8) is 0 Å². The molecule has 14 heteroatoms. The van der Waals surface area contributed by atoms with E-state index in [2.05, 4.69) is 0 Å². The number of ether oxygens (including phenoxy) is 1. The molecule has 0 fully saturated rings. The average molecular weight is 694 g/mol. The molecule has 3 rings (SSSR count). The van der Waals surface area contributed by atoms with E-state index in [1.807, 2.05) is 0 Å². The summed E-state index contributed by atoms with van der Waals surface area (Å²) in [6, 6.07) is 4.74. The summed E-state index contributed by atoms with van der Waals surface area (Å²) in [4.78, 5) is 5.20. The fraction of sp³-hybridized carbons (Fsp3) is 0.250. The van der Waals surface area contributed by atoms with Crippen LogP contribution in [0.4, 0.5) is 0 Å². The molecular formula is C16H18O9S3Sb2. The van der Waals surface area contributed by atoms with Crippen LogP contribution in [0.3, 0.4) is 0 Å². The van der Waals surface area contributed by atoms with Gasteiger partial charge in [0, 0.05) is 0 Å². The molecule has 0 aliphatic carbocycles. The van der Waals surface area contributed by atoms with E-state index in [9.17, 15) is 32.0 Å². The van der Waals surface area contributed by atoms with Crippen LogP contribution in [0.1, 0.15) is 0 Å². The Balaban J connectivity index is 2.47. The van der Waals surface area contributed by atoms with Crippen molar-refractivity contribution < 1.29 is 36.7 Å². The van der Waals surface area contributed by atoms with Crippen LogP contribution in [-0.2, 0) is 26.3 Å². The summed E-state index contributed by atoms with van der Waals surface area (Å²) in [5, 5.41) is 0. The molecule has 0 atom stereocenters. The van der Waals surface area contributed by atoms with Gasteiger partial charge in [-0.15, -0.1) is 0 Å². The second-order valence-corrected chi connectivity index (χ2v) is 29.3. The number of hydrogen-bond donors (Lipinski definition) is 2. The van der Waals surface area contributed by atoms with E-state index in [4.69, 9.17) is 4.74 Å². The third-order valence-electron chi connectivity index (χ3n) is 4.23. The van der Waals surface area contributed by atoms with Gasteiger partial charge in [-0.25, -0.2) is 0 Å². The standard InChI is InChI=1S/C12H6O7S3.4CH3.2O.2Sb/c13-21(14,15)9-5-1-3-7-11(9)19-12-8(20-7)4-2-6-10(12)22(16,17)18;;;;;;;;/h1-2,5-6H,(H,13,14,15)(H,16,17,18);4*1H3;;;;. The zero-order chi connectivity index (χ0) is 22.9. The van der Waals surface area contributed by atoms with Gasteiger partial charge in [0.2, 0.25) is 0 Å². The normalized spacial score (nSPS) is 14.6. The second-order valence-electron chi connectivity index (χ2n) is 7.34. The summed E-state index contributed by atoms with van der Waals surface area (Å²) in [6.45, 7) is 0. The van der Waals surface area contributed by atoms with Gasteiger partial charge in [0.15, 0.2) is 0 Å². The molecule has 0 bridgehead atoms. The first-order valence-corrected chi connectivity index (χ1v) is 26.7. The SMILES string of the molecule is [CH3][Sb]([CH3])(=[O])[c]1ccc(S(=O)(=O)O)c2c1Sc1[c]([Sb]([CH3])([CH3])=[O])ccc(S(=O)(=O)O)c1O2. The van der Waals surface area contributed by atoms with E-state index in [0.717, 1.165) is 23.9 Å². The van der Waals surface area contributed by atoms with Crippen molar-refractivity contribution in [3.05, 3.63) is 24.3 Å². The first-order chi connectivity index (χ1) is 13.4. The van der Waals surface area contributed by atoms with E-state index in [-0.39, 0.29) is 21.3 Å². The third-order valence-corrected chi connectivity index (χ3v) is 16.9. The van der Waals surface area contributed by atoms with Crippen LogP contribution >= 0.6 is 11.8 Å². The van der Waals surface area contributed by atoms with Crippen molar-refractivity contribution >= 4 is 76.6 Å². The Kier molecular flexibility index (Phi) is 6.16. The average Bonchev–Trinajstić information content (AvgIpc) is 2.54. The van der Waals surface area contributed by atoms with Gasteiger partial charge in [-0.3, -0.25) is 0 Å². The topological polar surface area (TPSA) is 152 Å². The molecule has 0 saturated carbocycles. The summed E-state index contributed by atoms with van der Waals surface area (Å²) in [5.41, 5.74) is 0. The molecule has 0 unspecified atom stereocenters. The van der Waals surface area contributed by atoms with Crippen LogP contribution in [0.25, 0.3) is 0 Å². The van der Waals surface area contributed by atoms with Crippen LogP contribution in [-0.4, -0.2) is 63.5 Å². The van der Waals surface area contributed by atoms with Crippen LogP contribution in [0.2, 0.25) is 19.5 Å². The van der Waals surface area contributed by atoms with E-state index >= 15 is 0 Å². The minimum atomic E-state index is -4.78. The maximum atomic E-state index is 12.9. The Morgan fingerprint density at radius 1 is 0.733 bits per heavy atom. The molecular weight excluding hydrogens is 676 g/mol. The molecule has 1 heterocycles. The van der Waals surface area contributed by atoms with E-state index in [0.29, 0.717) is 7.02 Å². The van der Waals surface area contributed by atoms with Gasteiger partial charge in [-0.05, 0) is 0 Å². The number of fused-ring (bicyclic) bond motifs is 2. The maximum absolute atomic E-state index is 12.9. The van der Waals surface area contributed by atoms with Gasteiger partial charge >= 0.3 is 188 Å². The molecule has 30 heavy (non-hydrogen) atoms. The zero-order valence-corrected chi connectivity index (χ0v) is 23.7.